The summed E-state index contributed by atoms with van der Waals surface area (Å²) in [6.07, 6.45) is 3.66. The van der Waals surface area contributed by atoms with Crippen molar-refractivity contribution in [2.45, 2.75) is 0 Å². The molecule has 0 amide bonds. The molecule has 2 aromatic carbocycles. The molecule has 118 valence electrons. The van der Waals surface area contributed by atoms with Crippen LogP contribution >= 0.6 is 0 Å². The summed E-state index contributed by atoms with van der Waals surface area (Å²) in [7, 11) is 1.95. The highest BCUT2D eigenvalue weighted by molar-refractivity contribution is 6.02. The second kappa shape index (κ2) is 5.34. The van der Waals surface area contributed by atoms with Gasteiger partial charge in [0.25, 0.3) is 5.69 Å². The van der Waals surface area contributed by atoms with Gasteiger partial charge < -0.3 is 9.55 Å². The maximum Gasteiger partial charge on any atom is 0.269 e. The summed E-state index contributed by atoms with van der Waals surface area (Å²) in [6, 6.07) is 14.6. The number of hydrogen-bond acceptors (Lipinski definition) is 3. The average Bonchev–Trinajstić information content (AvgIpc) is 3.17. The lowest BCUT2D eigenvalue weighted by Gasteiger charge is -2.05. The summed E-state index contributed by atoms with van der Waals surface area (Å²) in [5.41, 5.74) is 3.86. The molecule has 24 heavy (non-hydrogen) atoms. The smallest absolute Gasteiger partial charge is 0.269 e. The molecule has 0 saturated heterocycles. The molecule has 0 bridgehead atoms. The highest BCUT2D eigenvalue weighted by Gasteiger charge is 2.18. The Bertz CT molecular complexity index is 1040. The number of aromatic amines is 1. The number of nitro groups is 1. The van der Waals surface area contributed by atoms with E-state index in [1.807, 2.05) is 42.1 Å². The first-order valence-corrected chi connectivity index (χ1v) is 7.48. The standard InChI is InChI=1S/C18H14N4O2/c1-21-11-10-19-18(21)16-14-4-2-3-5-15(14)20-17(16)12-6-8-13(9-7-12)22(23)24/h2-11,20H,1H3. The number of rotatable bonds is 3. The Morgan fingerprint density at radius 2 is 1.88 bits per heavy atom. The highest BCUT2D eigenvalue weighted by atomic mass is 16.6. The Morgan fingerprint density at radius 3 is 2.54 bits per heavy atom. The molecular weight excluding hydrogens is 304 g/mol. The van der Waals surface area contributed by atoms with E-state index in [-0.39, 0.29) is 5.69 Å². The number of aromatic nitrogens is 3. The van der Waals surface area contributed by atoms with Gasteiger partial charge in [0.05, 0.1) is 16.2 Å². The van der Waals surface area contributed by atoms with E-state index in [1.54, 1.807) is 18.3 Å². The largest absolute Gasteiger partial charge is 0.354 e. The summed E-state index contributed by atoms with van der Waals surface area (Å²) < 4.78 is 1.96. The maximum absolute atomic E-state index is 10.9. The van der Waals surface area contributed by atoms with E-state index in [9.17, 15) is 10.1 Å². The summed E-state index contributed by atoms with van der Waals surface area (Å²) in [4.78, 5) is 18.4. The fourth-order valence-corrected chi connectivity index (χ4v) is 2.95. The van der Waals surface area contributed by atoms with Gasteiger partial charge in [-0.1, -0.05) is 18.2 Å². The van der Waals surface area contributed by atoms with Crippen LogP contribution in [0.4, 0.5) is 5.69 Å². The van der Waals surface area contributed by atoms with Crippen molar-refractivity contribution in [1.82, 2.24) is 14.5 Å². The van der Waals surface area contributed by atoms with Crippen molar-refractivity contribution in [2.75, 3.05) is 0 Å². The number of non-ortho nitro benzene ring substituents is 1. The van der Waals surface area contributed by atoms with E-state index in [2.05, 4.69) is 9.97 Å². The molecule has 0 aliphatic rings. The predicted octanol–water partition coefficient (Wildman–Crippen LogP) is 4.14. The van der Waals surface area contributed by atoms with Gasteiger partial charge in [-0.3, -0.25) is 10.1 Å². The van der Waals surface area contributed by atoms with E-state index in [4.69, 9.17) is 0 Å². The van der Waals surface area contributed by atoms with Crippen molar-refractivity contribution in [2.24, 2.45) is 7.05 Å². The van der Waals surface area contributed by atoms with Gasteiger partial charge in [-0.05, 0) is 23.8 Å². The second-order valence-electron chi connectivity index (χ2n) is 5.59. The summed E-state index contributed by atoms with van der Waals surface area (Å²) in [5, 5.41) is 11.9. The van der Waals surface area contributed by atoms with Crippen molar-refractivity contribution in [3.05, 3.63) is 71.0 Å². The Hall–Kier alpha value is -3.41. The normalized spacial score (nSPS) is 11.0. The van der Waals surface area contributed by atoms with E-state index in [0.29, 0.717) is 0 Å². The molecular formula is C18H14N4O2. The minimum absolute atomic E-state index is 0.0772. The van der Waals surface area contributed by atoms with Crippen LogP contribution in [0.25, 0.3) is 33.5 Å². The lowest BCUT2D eigenvalue weighted by atomic mass is 10.0. The van der Waals surface area contributed by atoms with Gasteiger partial charge >= 0.3 is 0 Å². The summed E-state index contributed by atoms with van der Waals surface area (Å²) in [5.74, 6) is 0.848. The number of imidazole rings is 1. The third-order valence-electron chi connectivity index (χ3n) is 4.12. The van der Waals surface area contributed by atoms with E-state index >= 15 is 0 Å². The second-order valence-corrected chi connectivity index (χ2v) is 5.59. The minimum Gasteiger partial charge on any atom is -0.354 e. The Morgan fingerprint density at radius 1 is 1.12 bits per heavy atom. The molecule has 0 aliphatic carbocycles. The van der Waals surface area contributed by atoms with Crippen LogP contribution in [-0.2, 0) is 7.05 Å². The van der Waals surface area contributed by atoms with Crippen LogP contribution in [0, 0.1) is 10.1 Å². The first-order valence-electron chi connectivity index (χ1n) is 7.48. The Balaban J connectivity index is 1.98. The Labute approximate surface area is 137 Å². The Kier molecular flexibility index (Phi) is 3.16. The SMILES string of the molecule is Cn1ccnc1-c1c(-c2ccc([N+](=O)[O-])cc2)[nH]c2ccccc12. The first kappa shape index (κ1) is 14.2. The van der Waals surface area contributed by atoms with Crippen LogP contribution in [-0.4, -0.2) is 19.5 Å². The number of H-pyrrole nitrogens is 1. The molecule has 0 radical (unpaired) electrons. The van der Waals surface area contributed by atoms with Crippen LogP contribution in [0.5, 0.6) is 0 Å². The van der Waals surface area contributed by atoms with Gasteiger partial charge in [0.2, 0.25) is 0 Å². The van der Waals surface area contributed by atoms with E-state index in [1.165, 1.54) is 12.1 Å². The van der Waals surface area contributed by atoms with Gasteiger partial charge in [0.1, 0.15) is 5.82 Å². The molecule has 6 heteroatoms. The van der Waals surface area contributed by atoms with Gasteiger partial charge in [-0.25, -0.2) is 4.98 Å². The van der Waals surface area contributed by atoms with Gasteiger partial charge in [-0.15, -0.1) is 0 Å². The van der Waals surface area contributed by atoms with Crippen LogP contribution < -0.4 is 0 Å². The molecule has 0 atom stereocenters. The lowest BCUT2D eigenvalue weighted by Crippen LogP contribution is -1.93. The van der Waals surface area contributed by atoms with Gasteiger partial charge in [0, 0.05) is 42.5 Å². The molecule has 4 aromatic rings. The number of hydrogen-bond donors (Lipinski definition) is 1. The van der Waals surface area contributed by atoms with Crippen LogP contribution in [0.15, 0.2) is 60.9 Å². The molecule has 6 nitrogen and oxygen atoms in total. The number of nitro benzene ring substituents is 1. The zero-order valence-corrected chi connectivity index (χ0v) is 12.9. The average molecular weight is 318 g/mol. The lowest BCUT2D eigenvalue weighted by molar-refractivity contribution is -0.384. The molecule has 0 spiro atoms. The number of aryl methyl sites for hydroxylation is 1. The number of benzene rings is 2. The van der Waals surface area contributed by atoms with Crippen molar-refractivity contribution < 1.29 is 4.92 Å². The minimum atomic E-state index is -0.394. The number of fused-ring (bicyclic) bond motifs is 1. The fraction of sp³-hybridized carbons (Fsp3) is 0.0556. The monoisotopic (exact) mass is 318 g/mol. The number of para-hydroxylation sites is 1. The summed E-state index contributed by atoms with van der Waals surface area (Å²) >= 11 is 0. The van der Waals surface area contributed by atoms with Crippen molar-refractivity contribution in [3.63, 3.8) is 0 Å². The molecule has 0 saturated carbocycles. The van der Waals surface area contributed by atoms with Crippen molar-refractivity contribution >= 4 is 16.6 Å². The quantitative estimate of drug-likeness (QED) is 0.455. The molecule has 1 N–H and O–H groups in total. The van der Waals surface area contributed by atoms with Crippen molar-refractivity contribution in [1.29, 1.82) is 0 Å². The molecule has 2 heterocycles. The first-order chi connectivity index (χ1) is 11.6. The zero-order chi connectivity index (χ0) is 16.7. The molecule has 4 rings (SSSR count). The van der Waals surface area contributed by atoms with Crippen LogP contribution in [0.2, 0.25) is 0 Å². The maximum atomic E-state index is 10.9. The number of nitrogens with zero attached hydrogens (tertiary/aromatic N) is 3. The molecule has 0 aliphatic heterocycles. The third kappa shape index (κ3) is 2.16. The van der Waals surface area contributed by atoms with Gasteiger partial charge in [0.15, 0.2) is 0 Å². The van der Waals surface area contributed by atoms with Crippen LogP contribution in [0.3, 0.4) is 0 Å². The highest BCUT2D eigenvalue weighted by Crippen LogP contribution is 2.37. The molecule has 0 unspecified atom stereocenters. The van der Waals surface area contributed by atoms with Crippen molar-refractivity contribution in [3.8, 4) is 22.6 Å². The molecule has 2 aromatic heterocycles. The zero-order valence-electron chi connectivity index (χ0n) is 12.9. The van der Waals surface area contributed by atoms with E-state index in [0.717, 1.165) is 33.5 Å². The molecule has 0 fully saturated rings. The summed E-state index contributed by atoms with van der Waals surface area (Å²) in [6.45, 7) is 0. The van der Waals surface area contributed by atoms with E-state index < -0.39 is 4.92 Å². The van der Waals surface area contributed by atoms with Gasteiger partial charge in [-0.2, -0.15) is 0 Å². The number of nitrogens with one attached hydrogen (secondary N) is 1. The topological polar surface area (TPSA) is 76.8 Å². The fourth-order valence-electron chi connectivity index (χ4n) is 2.95. The van der Waals surface area contributed by atoms with Crippen LogP contribution in [0.1, 0.15) is 0 Å². The predicted molar refractivity (Wildman–Crippen MR) is 92.6 cm³/mol. The third-order valence-corrected chi connectivity index (χ3v) is 4.12.